The van der Waals surface area contributed by atoms with Gasteiger partial charge in [0.05, 0.1) is 19.8 Å². The van der Waals surface area contributed by atoms with E-state index in [1.807, 2.05) is 0 Å². The number of unbranched alkanes of at least 4 members (excludes halogenated alkanes) is 26. The third-order valence-corrected chi connectivity index (χ3v) is 12.7. The average molecular weight is 981 g/mol. The largest absolute Gasteiger partial charge is 0.472 e. The molecule has 0 aliphatic heterocycles. The van der Waals surface area contributed by atoms with Gasteiger partial charge in [0.15, 0.2) is 6.10 Å². The zero-order chi connectivity index (χ0) is 49.9. The molecule has 0 aromatic carbocycles. The van der Waals surface area contributed by atoms with Crippen molar-refractivity contribution in [1.82, 2.24) is 0 Å². The molecular weight excluding hydrogens is 880 g/mol. The van der Waals surface area contributed by atoms with Crippen LogP contribution in [-0.4, -0.2) is 66.5 Å². The number of esters is 3. The van der Waals surface area contributed by atoms with Crippen molar-refractivity contribution in [1.29, 1.82) is 0 Å². The van der Waals surface area contributed by atoms with E-state index in [0.717, 1.165) is 103 Å². The van der Waals surface area contributed by atoms with Crippen molar-refractivity contribution < 1.29 is 52.2 Å². The molecule has 3 unspecified atom stereocenters. The van der Waals surface area contributed by atoms with Crippen molar-refractivity contribution >= 4 is 25.7 Å². The van der Waals surface area contributed by atoms with Gasteiger partial charge in [0.1, 0.15) is 12.7 Å². The Labute approximate surface area is 415 Å². The fraction of sp³-hybridized carbons (Fsp3) is 0.804. The van der Waals surface area contributed by atoms with Crippen LogP contribution >= 0.6 is 7.82 Å². The molecule has 0 aliphatic carbocycles. The zero-order valence-corrected chi connectivity index (χ0v) is 44.5. The Balaban J connectivity index is 4.72. The molecule has 0 bridgehead atoms. The number of aliphatic hydroxyl groups is 1. The molecule has 0 aliphatic rings. The molecule has 0 aromatic rings. The van der Waals surface area contributed by atoms with E-state index < -0.39 is 57.8 Å². The normalized spacial score (nSPS) is 13.8. The highest BCUT2D eigenvalue weighted by Crippen LogP contribution is 2.43. The first kappa shape index (κ1) is 65.4. The van der Waals surface area contributed by atoms with Crippen LogP contribution in [0.1, 0.15) is 252 Å². The van der Waals surface area contributed by atoms with Gasteiger partial charge in [0, 0.05) is 19.3 Å². The lowest BCUT2D eigenvalue weighted by Gasteiger charge is -2.21. The molecule has 0 spiro atoms. The number of rotatable bonds is 51. The SMILES string of the molecule is CC/C=C\C/C=C\C/C=C\C/C=C\CCCCCCCCC(=O)OC(COC(=O)CCCCCCCCCCCCC)COP(=O)(O)OCC(CO)OC(=O)CCCCCCCCCCCCC. The number of allylic oxidation sites excluding steroid dienone is 8. The monoisotopic (exact) mass is 981 g/mol. The summed E-state index contributed by atoms with van der Waals surface area (Å²) in [4.78, 5) is 48.3. The van der Waals surface area contributed by atoms with Crippen molar-refractivity contribution in [3.8, 4) is 0 Å². The molecule has 12 heteroatoms. The van der Waals surface area contributed by atoms with E-state index in [1.165, 1.54) is 89.9 Å². The van der Waals surface area contributed by atoms with E-state index in [2.05, 4.69) is 69.4 Å². The Bertz CT molecular complexity index is 1330. The number of carbonyl (C=O) groups is 3. The average Bonchev–Trinajstić information content (AvgIpc) is 3.32. The summed E-state index contributed by atoms with van der Waals surface area (Å²) in [6, 6.07) is 0. The molecular formula is C56H101O11P. The number of aliphatic hydroxyl groups excluding tert-OH is 1. The van der Waals surface area contributed by atoms with Crippen molar-refractivity contribution in [2.75, 3.05) is 26.4 Å². The highest BCUT2D eigenvalue weighted by atomic mass is 31.2. The van der Waals surface area contributed by atoms with Crippen LogP contribution in [0, 0.1) is 0 Å². The molecule has 0 amide bonds. The molecule has 11 nitrogen and oxygen atoms in total. The third-order valence-electron chi connectivity index (χ3n) is 11.8. The van der Waals surface area contributed by atoms with Crippen molar-refractivity contribution in [3.63, 3.8) is 0 Å². The number of phosphoric acid groups is 1. The van der Waals surface area contributed by atoms with Crippen LogP contribution < -0.4 is 0 Å². The summed E-state index contributed by atoms with van der Waals surface area (Å²) < 4.78 is 39.4. The van der Waals surface area contributed by atoms with E-state index in [-0.39, 0.29) is 25.9 Å². The molecule has 0 radical (unpaired) electrons. The molecule has 0 saturated heterocycles. The van der Waals surface area contributed by atoms with Crippen LogP contribution in [0.4, 0.5) is 0 Å². The molecule has 0 saturated carbocycles. The molecule has 0 fully saturated rings. The lowest BCUT2D eigenvalue weighted by molar-refractivity contribution is -0.161. The fourth-order valence-corrected chi connectivity index (χ4v) is 8.37. The van der Waals surface area contributed by atoms with E-state index in [4.69, 9.17) is 23.3 Å². The standard InChI is InChI=1S/C56H101O11P/c1-4-7-10-13-16-19-22-23-24-25-26-27-28-29-32-35-38-41-44-47-56(60)67-53(49-63-54(58)45-42-39-36-33-30-20-17-14-11-8-5-2)51-65-68(61,62)64-50-52(48-57)66-55(59)46-43-40-37-34-31-21-18-15-12-9-6-3/h7,10,16,19,23-24,26-27,52-53,57H,4-6,8-9,11-15,17-18,20-22,25,28-51H2,1-3H3,(H,61,62)/b10-7-,19-16-,24-23-,27-26-. The van der Waals surface area contributed by atoms with Gasteiger partial charge in [0.2, 0.25) is 0 Å². The van der Waals surface area contributed by atoms with E-state index in [1.54, 1.807) is 0 Å². The Morgan fingerprint density at radius 2 is 0.765 bits per heavy atom. The van der Waals surface area contributed by atoms with Gasteiger partial charge < -0.3 is 24.2 Å². The third kappa shape index (κ3) is 48.5. The number of carbonyl (C=O) groups excluding carboxylic acids is 3. The Kier molecular flexibility index (Phi) is 48.9. The van der Waals surface area contributed by atoms with Crippen LogP contribution in [0.15, 0.2) is 48.6 Å². The first-order chi connectivity index (χ1) is 33.2. The molecule has 68 heavy (non-hydrogen) atoms. The highest BCUT2D eigenvalue weighted by molar-refractivity contribution is 7.47. The van der Waals surface area contributed by atoms with Crippen molar-refractivity contribution in [2.24, 2.45) is 0 Å². The topological polar surface area (TPSA) is 155 Å². The molecule has 3 atom stereocenters. The Morgan fingerprint density at radius 1 is 0.426 bits per heavy atom. The van der Waals surface area contributed by atoms with Crippen LogP contribution in [0.3, 0.4) is 0 Å². The highest BCUT2D eigenvalue weighted by Gasteiger charge is 2.28. The molecule has 2 N–H and O–H groups in total. The fourth-order valence-electron chi connectivity index (χ4n) is 7.58. The summed E-state index contributed by atoms with van der Waals surface area (Å²) in [6.45, 7) is 4.51. The second-order valence-corrected chi connectivity index (χ2v) is 19.8. The summed E-state index contributed by atoms with van der Waals surface area (Å²) >= 11 is 0. The van der Waals surface area contributed by atoms with Crippen molar-refractivity contribution in [3.05, 3.63) is 48.6 Å². The second-order valence-electron chi connectivity index (χ2n) is 18.4. The molecule has 0 rings (SSSR count). The summed E-state index contributed by atoms with van der Waals surface area (Å²) in [5.41, 5.74) is 0. The summed E-state index contributed by atoms with van der Waals surface area (Å²) in [7, 11) is -4.74. The van der Waals surface area contributed by atoms with E-state index >= 15 is 0 Å². The number of hydrogen-bond donors (Lipinski definition) is 2. The summed E-state index contributed by atoms with van der Waals surface area (Å²) in [5, 5.41) is 9.77. The van der Waals surface area contributed by atoms with Crippen LogP contribution in [0.2, 0.25) is 0 Å². The van der Waals surface area contributed by atoms with Gasteiger partial charge in [-0.25, -0.2) is 4.57 Å². The maximum absolute atomic E-state index is 12.9. The first-order valence-corrected chi connectivity index (χ1v) is 29.0. The Hall–Kier alpha value is -2.56. The summed E-state index contributed by atoms with van der Waals surface area (Å²) in [5.74, 6) is -1.47. The summed E-state index contributed by atoms with van der Waals surface area (Å²) in [6.07, 6.45) is 52.2. The minimum Gasteiger partial charge on any atom is -0.462 e. The molecule has 0 heterocycles. The van der Waals surface area contributed by atoms with Gasteiger partial charge in [0.25, 0.3) is 0 Å². The van der Waals surface area contributed by atoms with Crippen LogP contribution in [0.5, 0.6) is 0 Å². The molecule has 396 valence electrons. The number of ether oxygens (including phenoxy) is 3. The predicted octanol–water partition coefficient (Wildman–Crippen LogP) is 15.8. The van der Waals surface area contributed by atoms with Crippen LogP contribution in [0.25, 0.3) is 0 Å². The van der Waals surface area contributed by atoms with Gasteiger partial charge in [-0.15, -0.1) is 0 Å². The van der Waals surface area contributed by atoms with Gasteiger partial charge >= 0.3 is 25.7 Å². The quantitative estimate of drug-likeness (QED) is 0.0197. The predicted molar refractivity (Wildman–Crippen MR) is 279 cm³/mol. The van der Waals surface area contributed by atoms with Crippen LogP contribution in [-0.2, 0) is 42.2 Å². The smallest absolute Gasteiger partial charge is 0.462 e. The van der Waals surface area contributed by atoms with Gasteiger partial charge in [-0.3, -0.25) is 23.4 Å². The molecule has 0 aromatic heterocycles. The number of phosphoric ester groups is 1. The zero-order valence-electron chi connectivity index (χ0n) is 43.6. The maximum atomic E-state index is 12.9. The van der Waals surface area contributed by atoms with Gasteiger partial charge in [-0.05, 0) is 57.8 Å². The maximum Gasteiger partial charge on any atom is 0.472 e. The van der Waals surface area contributed by atoms with Crippen molar-refractivity contribution in [2.45, 2.75) is 264 Å². The number of hydrogen-bond acceptors (Lipinski definition) is 10. The van der Waals surface area contributed by atoms with Gasteiger partial charge in [-0.2, -0.15) is 0 Å². The van der Waals surface area contributed by atoms with E-state index in [0.29, 0.717) is 19.3 Å². The second kappa shape index (κ2) is 50.8. The minimum absolute atomic E-state index is 0.154. The lowest BCUT2D eigenvalue weighted by atomic mass is 10.1. The lowest BCUT2D eigenvalue weighted by Crippen LogP contribution is -2.30. The Morgan fingerprint density at radius 3 is 1.18 bits per heavy atom. The minimum atomic E-state index is -4.74. The van der Waals surface area contributed by atoms with Gasteiger partial charge in [-0.1, -0.05) is 223 Å². The first-order valence-electron chi connectivity index (χ1n) is 27.5. The van der Waals surface area contributed by atoms with E-state index in [9.17, 15) is 28.9 Å².